The number of carbonyl (C=O) groups is 1. The smallest absolute Gasteiger partial charge is 0.410 e. The van der Waals surface area contributed by atoms with Crippen LogP contribution in [0.5, 0.6) is 0 Å². The molecule has 0 aliphatic carbocycles. The third-order valence-corrected chi connectivity index (χ3v) is 5.68. The number of aromatic nitrogens is 2. The lowest BCUT2D eigenvalue weighted by Gasteiger charge is -2.34. The number of benzene rings is 1. The number of nitrogens with zero attached hydrogens (tertiary/aromatic N) is 3. The molecule has 1 aromatic carbocycles. The lowest BCUT2D eigenvalue weighted by atomic mass is 9.91. The highest BCUT2D eigenvalue weighted by molar-refractivity contribution is 9.10. The number of rotatable bonds is 3. The largest absolute Gasteiger partial charge is 0.444 e. The van der Waals surface area contributed by atoms with E-state index in [1.165, 1.54) is 5.52 Å². The molecule has 1 amide bonds. The van der Waals surface area contributed by atoms with Gasteiger partial charge in [-0.15, -0.1) is 0 Å². The van der Waals surface area contributed by atoms with Crippen molar-refractivity contribution >= 4 is 33.1 Å². The minimum atomic E-state index is -0.445. The summed E-state index contributed by atoms with van der Waals surface area (Å²) in [7, 11) is 0. The van der Waals surface area contributed by atoms with Gasteiger partial charge in [0.2, 0.25) is 0 Å². The Morgan fingerprint density at radius 2 is 1.83 bits per heavy atom. The molecule has 0 radical (unpaired) electrons. The van der Waals surface area contributed by atoms with Crippen LogP contribution in [-0.4, -0.2) is 39.2 Å². The van der Waals surface area contributed by atoms with Crippen molar-refractivity contribution in [2.24, 2.45) is 11.3 Å². The molecule has 5 nitrogen and oxygen atoms in total. The third-order valence-electron chi connectivity index (χ3n) is 5.18. The van der Waals surface area contributed by atoms with E-state index in [2.05, 4.69) is 59.5 Å². The Morgan fingerprint density at radius 3 is 2.41 bits per heavy atom. The average Bonchev–Trinajstić information content (AvgIpc) is 2.88. The van der Waals surface area contributed by atoms with Gasteiger partial charge in [-0.1, -0.05) is 36.7 Å². The second-order valence-corrected chi connectivity index (χ2v) is 11.3. The van der Waals surface area contributed by atoms with Gasteiger partial charge >= 0.3 is 6.09 Å². The van der Waals surface area contributed by atoms with Gasteiger partial charge in [0.15, 0.2) is 0 Å². The summed E-state index contributed by atoms with van der Waals surface area (Å²) in [5, 5.41) is 0. The SMILES string of the molecule is CC(C)(C)Cc1nc2cc(Br)ccc2n1CC1CCN(C(=O)OC(C)(C)C)CC1. The first-order chi connectivity index (χ1) is 13.4. The summed E-state index contributed by atoms with van der Waals surface area (Å²) in [6.07, 6.45) is 2.73. The summed E-state index contributed by atoms with van der Waals surface area (Å²) < 4.78 is 8.99. The van der Waals surface area contributed by atoms with E-state index in [-0.39, 0.29) is 11.5 Å². The van der Waals surface area contributed by atoms with Gasteiger partial charge in [-0.3, -0.25) is 0 Å². The topological polar surface area (TPSA) is 47.4 Å². The lowest BCUT2D eigenvalue weighted by molar-refractivity contribution is 0.0178. The predicted octanol–water partition coefficient (Wildman–Crippen LogP) is 6.03. The van der Waals surface area contributed by atoms with Crippen LogP contribution < -0.4 is 0 Å². The molecule has 1 fully saturated rings. The van der Waals surface area contributed by atoms with Crippen molar-refractivity contribution in [3.63, 3.8) is 0 Å². The van der Waals surface area contributed by atoms with Gasteiger partial charge in [0.1, 0.15) is 11.4 Å². The summed E-state index contributed by atoms with van der Waals surface area (Å²) >= 11 is 3.57. The number of amides is 1. The minimum absolute atomic E-state index is 0.177. The molecular weight excluding hydrogens is 430 g/mol. The van der Waals surface area contributed by atoms with Crippen molar-refractivity contribution in [1.29, 1.82) is 0 Å². The van der Waals surface area contributed by atoms with Gasteiger partial charge in [-0.05, 0) is 63.1 Å². The van der Waals surface area contributed by atoms with Crippen molar-refractivity contribution in [1.82, 2.24) is 14.5 Å². The van der Waals surface area contributed by atoms with Crippen LogP contribution in [0.3, 0.4) is 0 Å². The third kappa shape index (κ3) is 5.97. The van der Waals surface area contributed by atoms with Crippen LogP contribution in [0.2, 0.25) is 0 Å². The maximum atomic E-state index is 12.3. The van der Waals surface area contributed by atoms with Gasteiger partial charge in [0.05, 0.1) is 11.0 Å². The quantitative estimate of drug-likeness (QED) is 0.557. The highest BCUT2D eigenvalue weighted by Gasteiger charge is 2.28. The van der Waals surface area contributed by atoms with E-state index in [4.69, 9.17) is 9.72 Å². The van der Waals surface area contributed by atoms with Crippen LogP contribution in [0.15, 0.2) is 22.7 Å². The molecule has 0 bridgehead atoms. The van der Waals surface area contributed by atoms with Crippen molar-refractivity contribution in [3.8, 4) is 0 Å². The summed E-state index contributed by atoms with van der Waals surface area (Å²) in [4.78, 5) is 19.1. The Bertz CT molecular complexity index is 869. The number of ether oxygens (including phenoxy) is 1. The second kappa shape index (κ2) is 8.29. The summed E-state index contributed by atoms with van der Waals surface area (Å²) in [6.45, 7) is 15.0. The zero-order chi connectivity index (χ0) is 21.4. The molecule has 0 spiro atoms. The molecule has 1 aliphatic heterocycles. The molecule has 2 aromatic rings. The van der Waals surface area contributed by atoms with Crippen LogP contribution in [0, 0.1) is 11.3 Å². The van der Waals surface area contributed by atoms with Gasteiger partial charge in [-0.25, -0.2) is 9.78 Å². The number of hydrogen-bond acceptors (Lipinski definition) is 3. The highest BCUT2D eigenvalue weighted by Crippen LogP contribution is 2.29. The molecule has 0 unspecified atom stereocenters. The zero-order valence-electron chi connectivity index (χ0n) is 18.6. The van der Waals surface area contributed by atoms with E-state index in [0.29, 0.717) is 5.92 Å². The Labute approximate surface area is 182 Å². The van der Waals surface area contributed by atoms with Crippen LogP contribution in [-0.2, 0) is 17.7 Å². The monoisotopic (exact) mass is 463 g/mol. The van der Waals surface area contributed by atoms with E-state index in [9.17, 15) is 4.79 Å². The fourth-order valence-corrected chi connectivity index (χ4v) is 4.20. The zero-order valence-corrected chi connectivity index (χ0v) is 20.2. The number of hydrogen-bond donors (Lipinski definition) is 0. The van der Waals surface area contributed by atoms with E-state index in [1.807, 2.05) is 25.7 Å². The minimum Gasteiger partial charge on any atom is -0.444 e. The summed E-state index contributed by atoms with van der Waals surface area (Å²) in [6, 6.07) is 6.35. The molecule has 1 aliphatic rings. The van der Waals surface area contributed by atoms with E-state index >= 15 is 0 Å². The standard InChI is InChI=1S/C23H34BrN3O2/c1-22(2,3)14-20-25-18-13-17(24)7-8-19(18)27(20)15-16-9-11-26(12-10-16)21(28)29-23(4,5)6/h7-8,13,16H,9-12,14-15H2,1-6H3. The molecule has 1 saturated heterocycles. The summed E-state index contributed by atoms with van der Waals surface area (Å²) in [5.41, 5.74) is 1.97. The molecule has 160 valence electrons. The van der Waals surface area contributed by atoms with Gasteiger partial charge < -0.3 is 14.2 Å². The van der Waals surface area contributed by atoms with E-state index in [0.717, 1.165) is 54.7 Å². The van der Waals surface area contributed by atoms with E-state index in [1.54, 1.807) is 0 Å². The molecule has 0 saturated carbocycles. The Balaban J connectivity index is 1.73. The predicted molar refractivity (Wildman–Crippen MR) is 121 cm³/mol. The number of halogens is 1. The molecular formula is C23H34BrN3O2. The fraction of sp³-hybridized carbons (Fsp3) is 0.652. The first kappa shape index (κ1) is 22.1. The molecule has 1 aromatic heterocycles. The number of imidazole rings is 1. The lowest BCUT2D eigenvalue weighted by Crippen LogP contribution is -2.42. The Hall–Kier alpha value is -1.56. The summed E-state index contributed by atoms with van der Waals surface area (Å²) in [5.74, 6) is 1.69. The van der Waals surface area contributed by atoms with Crippen molar-refractivity contribution in [3.05, 3.63) is 28.5 Å². The molecule has 6 heteroatoms. The van der Waals surface area contributed by atoms with Gasteiger partial charge in [0.25, 0.3) is 0 Å². The van der Waals surface area contributed by atoms with Crippen LogP contribution in [0.1, 0.15) is 60.2 Å². The van der Waals surface area contributed by atoms with Crippen molar-refractivity contribution < 1.29 is 9.53 Å². The Kier molecular flexibility index (Phi) is 6.32. The molecule has 29 heavy (non-hydrogen) atoms. The Morgan fingerprint density at radius 1 is 1.17 bits per heavy atom. The molecule has 2 heterocycles. The van der Waals surface area contributed by atoms with Gasteiger partial charge in [-0.2, -0.15) is 0 Å². The van der Waals surface area contributed by atoms with Gasteiger partial charge in [0, 0.05) is 30.5 Å². The molecule has 3 rings (SSSR count). The number of fused-ring (bicyclic) bond motifs is 1. The first-order valence-corrected chi connectivity index (χ1v) is 11.3. The normalized spacial score (nSPS) is 16.4. The number of carbonyl (C=O) groups excluding carboxylic acids is 1. The number of likely N-dealkylation sites (tertiary alicyclic amines) is 1. The van der Waals surface area contributed by atoms with Crippen molar-refractivity contribution in [2.75, 3.05) is 13.1 Å². The number of piperidine rings is 1. The van der Waals surface area contributed by atoms with Crippen molar-refractivity contribution in [2.45, 2.75) is 73.0 Å². The van der Waals surface area contributed by atoms with E-state index < -0.39 is 5.60 Å². The second-order valence-electron chi connectivity index (χ2n) is 10.4. The maximum absolute atomic E-state index is 12.3. The first-order valence-electron chi connectivity index (χ1n) is 10.5. The molecule has 0 atom stereocenters. The highest BCUT2D eigenvalue weighted by atomic mass is 79.9. The maximum Gasteiger partial charge on any atom is 0.410 e. The molecule has 0 N–H and O–H groups in total. The van der Waals surface area contributed by atoms with Crippen LogP contribution >= 0.6 is 15.9 Å². The average molecular weight is 464 g/mol. The van der Waals surface area contributed by atoms with Crippen LogP contribution in [0.25, 0.3) is 11.0 Å². The fourth-order valence-electron chi connectivity index (χ4n) is 3.85. The van der Waals surface area contributed by atoms with Crippen LogP contribution in [0.4, 0.5) is 4.79 Å².